The topological polar surface area (TPSA) is 55.3 Å². The first-order valence-electron chi connectivity index (χ1n) is 11.8. The number of hydrogen-bond donors (Lipinski definition) is 1. The van der Waals surface area contributed by atoms with Crippen molar-refractivity contribution < 1.29 is 14.2 Å². The summed E-state index contributed by atoms with van der Waals surface area (Å²) in [6.07, 6.45) is 6.25. The van der Waals surface area contributed by atoms with E-state index in [1.807, 2.05) is 7.05 Å². The van der Waals surface area contributed by atoms with E-state index >= 15 is 0 Å². The fraction of sp³-hybridized carbons (Fsp3) is 0.720. The number of guanidine groups is 1. The van der Waals surface area contributed by atoms with E-state index in [0.29, 0.717) is 18.8 Å². The molecule has 32 heavy (non-hydrogen) atoms. The van der Waals surface area contributed by atoms with Crippen molar-refractivity contribution in [1.82, 2.24) is 10.2 Å². The molecule has 182 valence electrons. The molecule has 0 aromatic heterocycles. The van der Waals surface area contributed by atoms with E-state index in [0.717, 1.165) is 62.8 Å². The van der Waals surface area contributed by atoms with Gasteiger partial charge in [0.15, 0.2) is 5.96 Å². The second-order valence-electron chi connectivity index (χ2n) is 9.73. The summed E-state index contributed by atoms with van der Waals surface area (Å²) in [5.41, 5.74) is 2.12. The monoisotopic (exact) mass is 559 g/mol. The molecule has 0 aliphatic carbocycles. The van der Waals surface area contributed by atoms with E-state index < -0.39 is 0 Å². The minimum atomic E-state index is -0.227. The van der Waals surface area contributed by atoms with Crippen LogP contribution in [0.3, 0.4) is 0 Å². The molecule has 1 atom stereocenters. The first kappa shape index (κ1) is 27.2. The van der Waals surface area contributed by atoms with Gasteiger partial charge in [0.1, 0.15) is 11.4 Å². The Morgan fingerprint density at radius 2 is 1.94 bits per heavy atom. The van der Waals surface area contributed by atoms with Crippen molar-refractivity contribution in [3.8, 4) is 5.75 Å². The average Bonchev–Trinajstić information content (AvgIpc) is 2.74. The van der Waals surface area contributed by atoms with E-state index in [1.165, 1.54) is 18.4 Å². The summed E-state index contributed by atoms with van der Waals surface area (Å²) >= 11 is 0. The van der Waals surface area contributed by atoms with Crippen molar-refractivity contribution in [2.24, 2.45) is 4.99 Å². The van der Waals surface area contributed by atoms with Gasteiger partial charge in [-0.15, -0.1) is 24.0 Å². The van der Waals surface area contributed by atoms with E-state index in [9.17, 15) is 0 Å². The largest absolute Gasteiger partial charge is 0.488 e. The predicted octanol–water partition coefficient (Wildman–Crippen LogP) is 4.92. The van der Waals surface area contributed by atoms with Crippen LogP contribution in [0.4, 0.5) is 0 Å². The summed E-state index contributed by atoms with van der Waals surface area (Å²) in [5, 5.41) is 3.53. The molecule has 2 aliphatic heterocycles. The van der Waals surface area contributed by atoms with Gasteiger partial charge in [-0.2, -0.15) is 0 Å². The lowest BCUT2D eigenvalue weighted by atomic mass is 10.1. The van der Waals surface area contributed by atoms with Crippen molar-refractivity contribution in [1.29, 1.82) is 0 Å². The molecule has 1 aromatic rings. The summed E-state index contributed by atoms with van der Waals surface area (Å²) in [7, 11) is 1.85. The maximum absolute atomic E-state index is 6.20. The van der Waals surface area contributed by atoms with Gasteiger partial charge in [0, 0.05) is 38.9 Å². The molecule has 1 N–H and O–H groups in total. The first-order valence-corrected chi connectivity index (χ1v) is 11.8. The standard InChI is InChI=1S/C25H41N3O3.HI/c1-19-9-10-20(23(16-19)31-25(2,3)4)17-27-24(26-5)28-13-11-21(12-14-28)30-18-22-8-6-7-15-29-22;/h9-10,16,21-22H,6-8,11-15,17-18H2,1-5H3,(H,26,27);1H. The van der Waals surface area contributed by atoms with Crippen LogP contribution in [0.15, 0.2) is 23.2 Å². The molecule has 2 aliphatic rings. The zero-order chi connectivity index (χ0) is 22.3. The number of aryl methyl sites for hydroxylation is 1. The third kappa shape index (κ3) is 8.71. The molecular formula is C25H42IN3O3. The fourth-order valence-corrected chi connectivity index (χ4v) is 4.16. The number of rotatable bonds is 6. The van der Waals surface area contributed by atoms with Crippen LogP contribution < -0.4 is 10.1 Å². The van der Waals surface area contributed by atoms with Crippen LogP contribution >= 0.6 is 24.0 Å². The number of piperidine rings is 1. The van der Waals surface area contributed by atoms with Crippen LogP contribution in [0.25, 0.3) is 0 Å². The molecule has 3 rings (SSSR count). The highest BCUT2D eigenvalue weighted by molar-refractivity contribution is 14.0. The van der Waals surface area contributed by atoms with Crippen molar-refractivity contribution in [3.05, 3.63) is 29.3 Å². The average molecular weight is 560 g/mol. The van der Waals surface area contributed by atoms with Crippen LogP contribution in [0, 0.1) is 6.92 Å². The number of nitrogens with zero attached hydrogens (tertiary/aromatic N) is 2. The van der Waals surface area contributed by atoms with Crippen molar-refractivity contribution in [2.75, 3.05) is 33.4 Å². The molecule has 7 heteroatoms. The van der Waals surface area contributed by atoms with Crippen molar-refractivity contribution in [3.63, 3.8) is 0 Å². The highest BCUT2D eigenvalue weighted by Gasteiger charge is 2.24. The lowest BCUT2D eigenvalue weighted by Crippen LogP contribution is -2.47. The molecule has 0 amide bonds. The summed E-state index contributed by atoms with van der Waals surface area (Å²) in [6.45, 7) is 12.6. The normalized spacial score (nSPS) is 20.6. The lowest BCUT2D eigenvalue weighted by molar-refractivity contribution is -0.0721. The van der Waals surface area contributed by atoms with Crippen LogP contribution in [0.2, 0.25) is 0 Å². The van der Waals surface area contributed by atoms with Gasteiger partial charge in [0.25, 0.3) is 0 Å². The van der Waals surface area contributed by atoms with Crippen LogP contribution in [0.5, 0.6) is 5.75 Å². The Morgan fingerprint density at radius 3 is 2.56 bits per heavy atom. The second kappa shape index (κ2) is 13.0. The Morgan fingerprint density at radius 1 is 1.19 bits per heavy atom. The summed E-state index contributed by atoms with van der Waals surface area (Å²) in [4.78, 5) is 6.85. The molecule has 0 bridgehead atoms. The summed E-state index contributed by atoms with van der Waals surface area (Å²) in [5.74, 6) is 1.88. The maximum Gasteiger partial charge on any atom is 0.193 e. The lowest BCUT2D eigenvalue weighted by Gasteiger charge is -2.35. The summed E-state index contributed by atoms with van der Waals surface area (Å²) < 4.78 is 18.1. The highest BCUT2D eigenvalue weighted by atomic mass is 127. The number of hydrogen-bond acceptors (Lipinski definition) is 4. The molecule has 6 nitrogen and oxygen atoms in total. The van der Waals surface area contributed by atoms with Crippen LogP contribution in [-0.2, 0) is 16.0 Å². The number of halogens is 1. The SMILES string of the molecule is CN=C(NCc1ccc(C)cc1OC(C)(C)C)N1CCC(OCC2CCCCO2)CC1.I. The Hall–Kier alpha value is -1.06. The first-order chi connectivity index (χ1) is 14.8. The number of nitrogens with one attached hydrogen (secondary N) is 1. The Bertz CT molecular complexity index is 722. The molecule has 2 fully saturated rings. The third-order valence-electron chi connectivity index (χ3n) is 5.82. The van der Waals surface area contributed by atoms with E-state index in [2.05, 4.69) is 61.1 Å². The quantitative estimate of drug-likeness (QED) is 0.305. The van der Waals surface area contributed by atoms with Gasteiger partial charge in [-0.3, -0.25) is 4.99 Å². The zero-order valence-corrected chi connectivity index (χ0v) is 22.8. The van der Waals surface area contributed by atoms with Crippen LogP contribution in [0.1, 0.15) is 64.0 Å². The molecule has 0 spiro atoms. The molecule has 0 saturated carbocycles. The molecule has 2 saturated heterocycles. The van der Waals surface area contributed by atoms with Gasteiger partial charge in [-0.05, 0) is 71.4 Å². The third-order valence-corrected chi connectivity index (χ3v) is 5.82. The van der Waals surface area contributed by atoms with Crippen LogP contribution in [-0.4, -0.2) is 62.0 Å². The summed E-state index contributed by atoms with van der Waals surface area (Å²) in [6, 6.07) is 6.39. The second-order valence-corrected chi connectivity index (χ2v) is 9.73. The Balaban J connectivity index is 0.00000363. The zero-order valence-electron chi connectivity index (χ0n) is 20.5. The van der Waals surface area contributed by atoms with E-state index in [-0.39, 0.29) is 29.6 Å². The minimum absolute atomic E-state index is 0. The number of likely N-dealkylation sites (tertiary alicyclic amines) is 1. The number of aliphatic imine (C=N–C) groups is 1. The smallest absolute Gasteiger partial charge is 0.193 e. The van der Waals surface area contributed by atoms with E-state index in [1.54, 1.807) is 0 Å². The van der Waals surface area contributed by atoms with E-state index in [4.69, 9.17) is 14.2 Å². The fourth-order valence-electron chi connectivity index (χ4n) is 4.16. The number of ether oxygens (including phenoxy) is 3. The van der Waals surface area contributed by atoms with Gasteiger partial charge < -0.3 is 24.4 Å². The van der Waals surface area contributed by atoms with Gasteiger partial charge in [-0.1, -0.05) is 12.1 Å². The van der Waals surface area contributed by atoms with Gasteiger partial charge in [-0.25, -0.2) is 0 Å². The predicted molar refractivity (Wildman–Crippen MR) is 141 cm³/mol. The van der Waals surface area contributed by atoms with Gasteiger partial charge >= 0.3 is 0 Å². The Kier molecular flexibility index (Phi) is 11.0. The molecular weight excluding hydrogens is 517 g/mol. The van der Waals surface area contributed by atoms with Gasteiger partial charge in [0.2, 0.25) is 0 Å². The number of benzene rings is 1. The molecule has 0 radical (unpaired) electrons. The molecule has 1 aromatic carbocycles. The maximum atomic E-state index is 6.20. The highest BCUT2D eigenvalue weighted by Crippen LogP contribution is 2.25. The van der Waals surface area contributed by atoms with Crippen molar-refractivity contribution >= 4 is 29.9 Å². The van der Waals surface area contributed by atoms with Gasteiger partial charge in [0.05, 0.1) is 18.8 Å². The Labute approximate surface area is 211 Å². The van der Waals surface area contributed by atoms with Crippen molar-refractivity contribution in [2.45, 2.75) is 84.2 Å². The molecule has 1 unspecified atom stereocenters. The minimum Gasteiger partial charge on any atom is -0.488 e. The molecule has 2 heterocycles.